The number of carbonyl (C=O) groups is 1. The summed E-state index contributed by atoms with van der Waals surface area (Å²) in [6, 6.07) is 13.5. The van der Waals surface area contributed by atoms with Crippen molar-refractivity contribution in [2.45, 2.75) is 6.54 Å². The van der Waals surface area contributed by atoms with Crippen LogP contribution in [0.15, 0.2) is 46.9 Å². The molecule has 0 radical (unpaired) electrons. The lowest BCUT2D eigenvalue weighted by atomic mass is 10.2. The Balaban J connectivity index is 1.92. The van der Waals surface area contributed by atoms with Gasteiger partial charge in [-0.25, -0.2) is 4.39 Å². The number of hydrogen-bond donors (Lipinski definition) is 1. The van der Waals surface area contributed by atoms with Crippen LogP contribution in [0.1, 0.15) is 11.1 Å². The number of benzene rings is 2. The fourth-order valence-corrected chi connectivity index (χ4v) is 2.39. The molecule has 0 aromatic heterocycles. The molecular formula is C17H15BrFN3O. The van der Waals surface area contributed by atoms with Gasteiger partial charge in [-0.15, -0.1) is 0 Å². The quantitative estimate of drug-likeness (QED) is 0.869. The molecule has 2 aromatic carbocycles. The highest BCUT2D eigenvalue weighted by atomic mass is 79.9. The van der Waals surface area contributed by atoms with Gasteiger partial charge in [-0.05, 0) is 42.5 Å². The van der Waals surface area contributed by atoms with E-state index in [2.05, 4.69) is 21.2 Å². The molecule has 0 aliphatic carbocycles. The van der Waals surface area contributed by atoms with Crippen molar-refractivity contribution in [2.24, 2.45) is 0 Å². The SMILES string of the molecule is CN(Cc1cc(Br)ccc1F)C(=O)CNc1ccc(C#N)cc1. The van der Waals surface area contributed by atoms with E-state index in [4.69, 9.17) is 5.26 Å². The first-order valence-corrected chi connectivity index (χ1v) is 7.71. The third-order valence-corrected chi connectivity index (χ3v) is 3.79. The zero-order valence-electron chi connectivity index (χ0n) is 12.5. The highest BCUT2D eigenvalue weighted by Crippen LogP contribution is 2.17. The number of nitrogens with zero attached hydrogens (tertiary/aromatic N) is 2. The lowest BCUT2D eigenvalue weighted by molar-refractivity contribution is -0.128. The summed E-state index contributed by atoms with van der Waals surface area (Å²) in [6.45, 7) is 0.289. The number of likely N-dealkylation sites (N-methyl/N-ethyl adjacent to an activating group) is 1. The highest BCUT2D eigenvalue weighted by molar-refractivity contribution is 9.10. The monoisotopic (exact) mass is 375 g/mol. The van der Waals surface area contributed by atoms with E-state index in [1.54, 1.807) is 43.4 Å². The maximum absolute atomic E-state index is 13.7. The first kappa shape index (κ1) is 17.0. The molecule has 4 nitrogen and oxygen atoms in total. The fourth-order valence-electron chi connectivity index (χ4n) is 1.98. The summed E-state index contributed by atoms with van der Waals surface area (Å²) in [5.41, 5.74) is 1.76. The summed E-state index contributed by atoms with van der Waals surface area (Å²) in [5, 5.41) is 11.7. The minimum Gasteiger partial charge on any atom is -0.376 e. The number of nitriles is 1. The standard InChI is InChI=1S/C17H15BrFN3O/c1-22(11-13-8-14(18)4-7-16(13)19)17(23)10-21-15-5-2-12(9-20)3-6-15/h2-8,21H,10-11H2,1H3. The summed E-state index contributed by atoms with van der Waals surface area (Å²) in [5.74, 6) is -0.498. The number of halogens is 2. The molecule has 1 N–H and O–H groups in total. The van der Waals surface area contributed by atoms with E-state index in [9.17, 15) is 9.18 Å². The van der Waals surface area contributed by atoms with Gasteiger partial charge >= 0.3 is 0 Å². The molecule has 0 aliphatic rings. The van der Waals surface area contributed by atoms with E-state index >= 15 is 0 Å². The second-order valence-corrected chi connectivity index (χ2v) is 5.94. The van der Waals surface area contributed by atoms with Crippen molar-refractivity contribution in [3.8, 4) is 6.07 Å². The molecule has 0 spiro atoms. The Morgan fingerprint density at radius 2 is 2.00 bits per heavy atom. The van der Waals surface area contributed by atoms with Crippen LogP contribution in [-0.2, 0) is 11.3 Å². The van der Waals surface area contributed by atoms with Crippen LogP contribution in [0.3, 0.4) is 0 Å². The average Bonchev–Trinajstić information content (AvgIpc) is 2.56. The number of hydrogen-bond acceptors (Lipinski definition) is 3. The Morgan fingerprint density at radius 3 is 2.65 bits per heavy atom. The van der Waals surface area contributed by atoms with Crippen molar-refractivity contribution < 1.29 is 9.18 Å². The van der Waals surface area contributed by atoms with Gasteiger partial charge in [0, 0.05) is 29.3 Å². The predicted octanol–water partition coefficient (Wildman–Crippen LogP) is 3.53. The van der Waals surface area contributed by atoms with E-state index < -0.39 is 0 Å². The van der Waals surface area contributed by atoms with E-state index in [1.807, 2.05) is 6.07 Å². The van der Waals surface area contributed by atoms with Crippen molar-refractivity contribution in [2.75, 3.05) is 18.9 Å². The molecule has 0 aliphatic heterocycles. The lowest BCUT2D eigenvalue weighted by Crippen LogP contribution is -2.32. The van der Waals surface area contributed by atoms with Gasteiger partial charge in [0.25, 0.3) is 0 Å². The van der Waals surface area contributed by atoms with Gasteiger partial charge in [-0.1, -0.05) is 15.9 Å². The van der Waals surface area contributed by atoms with Crippen molar-refractivity contribution in [3.05, 3.63) is 63.9 Å². The normalized spacial score (nSPS) is 10.0. The maximum atomic E-state index is 13.7. The highest BCUT2D eigenvalue weighted by Gasteiger charge is 2.12. The summed E-state index contributed by atoms with van der Waals surface area (Å²) in [4.78, 5) is 13.6. The lowest BCUT2D eigenvalue weighted by Gasteiger charge is -2.18. The van der Waals surface area contributed by atoms with Gasteiger partial charge < -0.3 is 10.2 Å². The smallest absolute Gasteiger partial charge is 0.241 e. The van der Waals surface area contributed by atoms with E-state index in [0.29, 0.717) is 11.1 Å². The molecule has 0 bridgehead atoms. The molecular weight excluding hydrogens is 361 g/mol. The number of rotatable bonds is 5. The van der Waals surface area contributed by atoms with Crippen molar-refractivity contribution in [1.82, 2.24) is 4.90 Å². The molecule has 118 valence electrons. The minimum absolute atomic E-state index is 0.0953. The third-order valence-electron chi connectivity index (χ3n) is 3.30. The molecule has 2 aromatic rings. The molecule has 2 rings (SSSR count). The Hall–Kier alpha value is -2.39. The first-order chi connectivity index (χ1) is 11.0. The third kappa shape index (κ3) is 4.80. The molecule has 6 heteroatoms. The summed E-state index contributed by atoms with van der Waals surface area (Å²) >= 11 is 3.29. The molecule has 0 saturated carbocycles. The largest absolute Gasteiger partial charge is 0.376 e. The summed E-state index contributed by atoms with van der Waals surface area (Å²) < 4.78 is 14.5. The van der Waals surface area contributed by atoms with Crippen LogP contribution in [0.2, 0.25) is 0 Å². The molecule has 23 heavy (non-hydrogen) atoms. The number of nitrogens with one attached hydrogen (secondary N) is 1. The van der Waals surface area contributed by atoms with E-state index in [1.165, 1.54) is 11.0 Å². The van der Waals surface area contributed by atoms with E-state index in [-0.39, 0.29) is 24.8 Å². The Morgan fingerprint density at radius 1 is 1.30 bits per heavy atom. The molecule has 0 heterocycles. The van der Waals surface area contributed by atoms with Crippen LogP contribution in [0, 0.1) is 17.1 Å². The summed E-state index contributed by atoms with van der Waals surface area (Å²) in [6.07, 6.45) is 0. The summed E-state index contributed by atoms with van der Waals surface area (Å²) in [7, 11) is 1.63. The zero-order valence-corrected chi connectivity index (χ0v) is 14.1. The van der Waals surface area contributed by atoms with Crippen LogP contribution >= 0.6 is 15.9 Å². The second-order valence-electron chi connectivity index (χ2n) is 5.03. The van der Waals surface area contributed by atoms with Crippen molar-refractivity contribution >= 4 is 27.5 Å². The van der Waals surface area contributed by atoms with Crippen LogP contribution in [0.25, 0.3) is 0 Å². The maximum Gasteiger partial charge on any atom is 0.241 e. The topological polar surface area (TPSA) is 56.1 Å². The van der Waals surface area contributed by atoms with Crippen molar-refractivity contribution in [3.63, 3.8) is 0 Å². The number of amides is 1. The van der Waals surface area contributed by atoms with Crippen LogP contribution < -0.4 is 5.32 Å². The fraction of sp³-hybridized carbons (Fsp3) is 0.176. The van der Waals surface area contributed by atoms with Gasteiger partial charge in [-0.3, -0.25) is 4.79 Å². The van der Waals surface area contributed by atoms with Crippen LogP contribution in [-0.4, -0.2) is 24.4 Å². The molecule has 0 atom stereocenters. The average molecular weight is 376 g/mol. The Labute approximate surface area is 142 Å². The van der Waals surface area contributed by atoms with Gasteiger partial charge in [-0.2, -0.15) is 5.26 Å². The first-order valence-electron chi connectivity index (χ1n) is 6.91. The number of anilines is 1. The van der Waals surface area contributed by atoms with Gasteiger partial charge in [0.1, 0.15) is 5.82 Å². The van der Waals surface area contributed by atoms with Crippen LogP contribution in [0.5, 0.6) is 0 Å². The van der Waals surface area contributed by atoms with E-state index in [0.717, 1.165) is 10.2 Å². The molecule has 0 fully saturated rings. The number of carbonyl (C=O) groups excluding carboxylic acids is 1. The van der Waals surface area contributed by atoms with Gasteiger partial charge in [0.2, 0.25) is 5.91 Å². The second kappa shape index (κ2) is 7.75. The zero-order chi connectivity index (χ0) is 16.8. The molecule has 0 saturated heterocycles. The molecule has 0 unspecified atom stereocenters. The van der Waals surface area contributed by atoms with Gasteiger partial charge in [0.05, 0.1) is 18.2 Å². The minimum atomic E-state index is -0.340. The Kier molecular flexibility index (Phi) is 5.72. The van der Waals surface area contributed by atoms with Crippen LogP contribution in [0.4, 0.5) is 10.1 Å². The molecule has 1 amide bonds. The Bertz CT molecular complexity index is 740. The van der Waals surface area contributed by atoms with Gasteiger partial charge in [0.15, 0.2) is 0 Å². The van der Waals surface area contributed by atoms with Crippen molar-refractivity contribution in [1.29, 1.82) is 5.26 Å². The predicted molar refractivity (Wildman–Crippen MR) is 90.2 cm³/mol.